The first-order valence-corrected chi connectivity index (χ1v) is 10.2. The van der Waals surface area contributed by atoms with Crippen LogP contribution in [0, 0.1) is 0 Å². The van der Waals surface area contributed by atoms with Crippen LogP contribution in [0.15, 0.2) is 0 Å². The van der Waals surface area contributed by atoms with Gasteiger partial charge in [0.05, 0.1) is 0 Å². The van der Waals surface area contributed by atoms with E-state index >= 15 is 0 Å². The molecule has 0 amide bonds. The highest BCUT2D eigenvalue weighted by Gasteiger charge is 2.24. The number of rotatable bonds is 10. The van der Waals surface area contributed by atoms with Gasteiger partial charge in [0, 0.05) is 0 Å². The molecule has 1 nitrogen and oxygen atoms in total. The fraction of sp³-hybridized carbons (Fsp3) is 1.00. The molecule has 98 valence electrons. The lowest BCUT2D eigenvalue weighted by Gasteiger charge is -2.22. The summed E-state index contributed by atoms with van der Waals surface area (Å²) in [6.45, 7) is 8.60. The zero-order valence-corrected chi connectivity index (χ0v) is 12.9. The first-order valence-electron chi connectivity index (χ1n) is 7.20. The van der Waals surface area contributed by atoms with E-state index in [1.54, 1.807) is 0 Å². The molecule has 0 aromatic rings. The molecule has 0 saturated heterocycles. The number of hydrogen-bond donors (Lipinski definition) is 1. The Labute approximate surface area is 104 Å². The largest absolute Gasteiger partial charge is 0.432 e. The summed E-state index contributed by atoms with van der Waals surface area (Å²) < 4.78 is 0. The van der Waals surface area contributed by atoms with Crippen molar-refractivity contribution in [2.45, 2.75) is 90.3 Å². The molecule has 1 unspecified atom stereocenters. The lowest BCUT2D eigenvalue weighted by atomic mass is 10.1. The average molecular weight is 244 g/mol. The van der Waals surface area contributed by atoms with Crippen LogP contribution in [0.25, 0.3) is 0 Å². The van der Waals surface area contributed by atoms with Crippen LogP contribution in [0.4, 0.5) is 0 Å². The van der Waals surface area contributed by atoms with Gasteiger partial charge in [0.25, 0.3) is 0 Å². The molecule has 0 spiro atoms. The summed E-state index contributed by atoms with van der Waals surface area (Å²) in [5, 5.41) is 0. The van der Waals surface area contributed by atoms with E-state index in [1.807, 2.05) is 0 Å². The van der Waals surface area contributed by atoms with Crippen molar-refractivity contribution in [3.05, 3.63) is 0 Å². The Morgan fingerprint density at radius 1 is 0.875 bits per heavy atom. The molecule has 0 heterocycles. The Morgan fingerprint density at radius 2 is 1.31 bits per heavy atom. The highest BCUT2D eigenvalue weighted by Crippen LogP contribution is 2.25. The molecule has 0 aliphatic heterocycles. The summed E-state index contributed by atoms with van der Waals surface area (Å²) >= 11 is 0. The van der Waals surface area contributed by atoms with E-state index in [1.165, 1.54) is 57.8 Å². The molecule has 0 radical (unpaired) electrons. The Bertz CT molecular complexity index is 151. The summed E-state index contributed by atoms with van der Waals surface area (Å²) in [7, 11) is -1.85. The third-order valence-corrected chi connectivity index (χ3v) is 6.40. The van der Waals surface area contributed by atoms with Crippen molar-refractivity contribution in [2.75, 3.05) is 0 Å². The first-order chi connectivity index (χ1) is 7.48. The third-order valence-electron chi connectivity index (χ3n) is 3.70. The molecule has 0 saturated carbocycles. The second-order valence-corrected chi connectivity index (χ2v) is 10.1. The van der Waals surface area contributed by atoms with Gasteiger partial charge in [0.1, 0.15) is 0 Å². The van der Waals surface area contributed by atoms with Gasteiger partial charge < -0.3 is 4.80 Å². The van der Waals surface area contributed by atoms with Crippen molar-refractivity contribution in [2.24, 2.45) is 0 Å². The highest BCUT2D eigenvalue weighted by atomic mass is 28.4. The number of hydrogen-bond acceptors (Lipinski definition) is 1. The van der Waals surface area contributed by atoms with Crippen LogP contribution in [-0.2, 0) is 0 Å². The predicted octanol–water partition coefficient (Wildman–Crippen LogP) is 5.10. The minimum Gasteiger partial charge on any atom is -0.432 e. The van der Waals surface area contributed by atoms with Crippen LogP contribution < -0.4 is 0 Å². The lowest BCUT2D eigenvalue weighted by molar-refractivity contribution is 0.500. The Hall–Kier alpha value is 0.177. The van der Waals surface area contributed by atoms with Gasteiger partial charge in [0.15, 0.2) is 8.32 Å². The van der Waals surface area contributed by atoms with Crippen molar-refractivity contribution < 1.29 is 4.80 Å². The van der Waals surface area contributed by atoms with E-state index in [4.69, 9.17) is 0 Å². The SMILES string of the molecule is CCCCCCCCCCC(C)[Si](C)(C)O. The molecular formula is C14H32OSi. The molecule has 0 aliphatic carbocycles. The number of unbranched alkanes of at least 4 members (excludes halogenated alkanes) is 7. The van der Waals surface area contributed by atoms with E-state index in [2.05, 4.69) is 26.9 Å². The Kier molecular flexibility index (Phi) is 9.33. The minimum atomic E-state index is -1.85. The topological polar surface area (TPSA) is 20.2 Å². The van der Waals surface area contributed by atoms with E-state index in [-0.39, 0.29) is 0 Å². The van der Waals surface area contributed by atoms with Gasteiger partial charge in [-0.25, -0.2) is 0 Å². The Morgan fingerprint density at radius 3 is 1.75 bits per heavy atom. The minimum absolute atomic E-state index is 0.563. The lowest BCUT2D eigenvalue weighted by Crippen LogP contribution is -2.30. The standard InChI is InChI=1S/C14H32OSi/c1-5-6-7-8-9-10-11-12-13-14(2)16(3,4)15/h14-15H,5-13H2,1-4H3. The van der Waals surface area contributed by atoms with Crippen LogP contribution in [-0.4, -0.2) is 13.1 Å². The van der Waals surface area contributed by atoms with Gasteiger partial charge in [-0.05, 0) is 18.6 Å². The van der Waals surface area contributed by atoms with Crippen LogP contribution >= 0.6 is 0 Å². The monoisotopic (exact) mass is 244 g/mol. The zero-order valence-electron chi connectivity index (χ0n) is 11.9. The molecule has 0 aromatic carbocycles. The molecule has 0 aromatic heterocycles. The van der Waals surface area contributed by atoms with Gasteiger partial charge in [-0.1, -0.05) is 71.6 Å². The van der Waals surface area contributed by atoms with Gasteiger partial charge in [-0.3, -0.25) is 0 Å². The van der Waals surface area contributed by atoms with E-state index < -0.39 is 8.32 Å². The van der Waals surface area contributed by atoms with Crippen LogP contribution in [0.2, 0.25) is 18.6 Å². The van der Waals surface area contributed by atoms with E-state index in [0.717, 1.165) is 0 Å². The summed E-state index contributed by atoms with van der Waals surface area (Å²) in [5.74, 6) is 0. The smallest absolute Gasteiger partial charge is 0.185 e. The molecule has 0 aliphatic rings. The van der Waals surface area contributed by atoms with Gasteiger partial charge in [-0.2, -0.15) is 0 Å². The maximum Gasteiger partial charge on any atom is 0.185 e. The molecule has 2 heteroatoms. The summed E-state index contributed by atoms with van der Waals surface area (Å²) in [4.78, 5) is 9.92. The van der Waals surface area contributed by atoms with Crippen LogP contribution in [0.1, 0.15) is 71.6 Å². The van der Waals surface area contributed by atoms with Gasteiger partial charge in [-0.15, -0.1) is 0 Å². The van der Waals surface area contributed by atoms with Crippen molar-refractivity contribution >= 4 is 8.32 Å². The van der Waals surface area contributed by atoms with Crippen molar-refractivity contribution in [1.82, 2.24) is 0 Å². The van der Waals surface area contributed by atoms with Gasteiger partial charge in [0.2, 0.25) is 0 Å². The second-order valence-electron chi connectivity index (χ2n) is 5.82. The molecule has 16 heavy (non-hydrogen) atoms. The summed E-state index contributed by atoms with van der Waals surface area (Å²) in [6, 6.07) is 0. The second kappa shape index (κ2) is 9.23. The quantitative estimate of drug-likeness (QED) is 0.418. The molecular weight excluding hydrogens is 212 g/mol. The van der Waals surface area contributed by atoms with Crippen molar-refractivity contribution in [1.29, 1.82) is 0 Å². The van der Waals surface area contributed by atoms with Gasteiger partial charge >= 0.3 is 0 Å². The first kappa shape index (κ1) is 16.2. The fourth-order valence-corrected chi connectivity index (χ4v) is 2.85. The maximum atomic E-state index is 9.92. The normalized spacial score (nSPS) is 14.1. The summed E-state index contributed by atoms with van der Waals surface area (Å²) in [5.41, 5.74) is 0.563. The van der Waals surface area contributed by atoms with Crippen molar-refractivity contribution in [3.8, 4) is 0 Å². The predicted molar refractivity (Wildman–Crippen MR) is 76.4 cm³/mol. The molecule has 0 bridgehead atoms. The van der Waals surface area contributed by atoms with Crippen molar-refractivity contribution in [3.63, 3.8) is 0 Å². The van der Waals surface area contributed by atoms with Crippen LogP contribution in [0.5, 0.6) is 0 Å². The van der Waals surface area contributed by atoms with E-state index in [0.29, 0.717) is 5.54 Å². The fourth-order valence-electron chi connectivity index (χ4n) is 1.94. The zero-order chi connectivity index (χ0) is 12.4. The van der Waals surface area contributed by atoms with E-state index in [9.17, 15) is 4.80 Å². The molecule has 1 N–H and O–H groups in total. The maximum absolute atomic E-state index is 9.92. The molecule has 1 atom stereocenters. The molecule has 0 rings (SSSR count). The molecule has 0 fully saturated rings. The third kappa shape index (κ3) is 9.41. The summed E-state index contributed by atoms with van der Waals surface area (Å²) in [6.07, 6.45) is 12.3. The van der Waals surface area contributed by atoms with Crippen LogP contribution in [0.3, 0.4) is 0 Å². The highest BCUT2D eigenvalue weighted by molar-refractivity contribution is 6.71. The average Bonchev–Trinajstić information content (AvgIpc) is 2.20. The Balaban J connectivity index is 3.21.